The van der Waals surface area contributed by atoms with Gasteiger partial charge in [0.1, 0.15) is 0 Å². The summed E-state index contributed by atoms with van der Waals surface area (Å²) in [4.78, 5) is 0. The topological polar surface area (TPSA) is 25.8 Å². The fourth-order valence-electron chi connectivity index (χ4n) is 4.22. The molecular weight excluding hydrogens is 268 g/mol. The summed E-state index contributed by atoms with van der Waals surface area (Å²) in [6.45, 7) is 2.12. The molecule has 2 fully saturated rings. The largest absolute Gasteiger partial charge is 0.155 e. The summed E-state index contributed by atoms with van der Waals surface area (Å²) in [5, 5.41) is 9.24. The van der Waals surface area contributed by atoms with Gasteiger partial charge in [-0.3, -0.25) is 0 Å². The molecule has 0 amide bonds. The van der Waals surface area contributed by atoms with E-state index in [1.54, 1.807) is 0 Å². The Labute approximate surface area is 127 Å². The maximum absolute atomic E-state index is 6.48. The molecule has 2 saturated carbocycles. The summed E-state index contributed by atoms with van der Waals surface area (Å²) in [5.41, 5.74) is 3.96. The minimum absolute atomic E-state index is 0.627. The van der Waals surface area contributed by atoms with Crippen molar-refractivity contribution >= 4 is 11.6 Å². The minimum Gasteiger partial charge on any atom is -0.154 e. The van der Waals surface area contributed by atoms with Gasteiger partial charge in [-0.2, -0.15) is 5.10 Å². The number of hydrogen-bond donors (Lipinski definition) is 0. The summed E-state index contributed by atoms with van der Waals surface area (Å²) in [5.74, 6) is 1.30. The fourth-order valence-corrected chi connectivity index (χ4v) is 4.51. The van der Waals surface area contributed by atoms with Crippen molar-refractivity contribution in [2.24, 2.45) is 0 Å². The maximum Gasteiger partial charge on any atom is 0.155 e. The monoisotopic (exact) mass is 292 g/mol. The smallest absolute Gasteiger partial charge is 0.154 e. The van der Waals surface area contributed by atoms with Gasteiger partial charge in [0.15, 0.2) is 5.15 Å². The Morgan fingerprint density at radius 3 is 1.80 bits per heavy atom. The first-order valence-electron chi connectivity index (χ1n) is 8.30. The van der Waals surface area contributed by atoms with Gasteiger partial charge in [-0.15, -0.1) is 5.10 Å². The van der Waals surface area contributed by atoms with Crippen LogP contribution in [0.2, 0.25) is 5.15 Å². The highest BCUT2D eigenvalue weighted by Crippen LogP contribution is 2.43. The van der Waals surface area contributed by atoms with Crippen LogP contribution in [0.15, 0.2) is 0 Å². The SMILES string of the molecule is Cc1nnc(Cl)c(C2CCCCC2)c1C1CCCCC1. The number of nitrogens with zero attached hydrogens (tertiary/aromatic N) is 2. The molecule has 1 aromatic rings. The number of aryl methyl sites for hydroxylation is 1. The first-order chi connectivity index (χ1) is 9.77. The van der Waals surface area contributed by atoms with Crippen LogP contribution in [-0.2, 0) is 0 Å². The molecule has 0 spiro atoms. The second-order valence-corrected chi connectivity index (χ2v) is 6.93. The van der Waals surface area contributed by atoms with E-state index in [-0.39, 0.29) is 0 Å². The molecule has 0 radical (unpaired) electrons. The van der Waals surface area contributed by atoms with Crippen molar-refractivity contribution in [3.63, 3.8) is 0 Å². The lowest BCUT2D eigenvalue weighted by atomic mass is 9.76. The molecule has 2 aliphatic rings. The molecule has 1 aromatic heterocycles. The third-order valence-corrected chi connectivity index (χ3v) is 5.50. The van der Waals surface area contributed by atoms with Crippen molar-refractivity contribution in [2.45, 2.75) is 83.0 Å². The van der Waals surface area contributed by atoms with Crippen molar-refractivity contribution < 1.29 is 0 Å². The summed E-state index contributed by atoms with van der Waals surface area (Å²) in [6, 6.07) is 0. The van der Waals surface area contributed by atoms with Crippen LogP contribution in [-0.4, -0.2) is 10.2 Å². The number of aromatic nitrogens is 2. The highest BCUT2D eigenvalue weighted by molar-refractivity contribution is 6.30. The van der Waals surface area contributed by atoms with Crippen LogP contribution in [0.5, 0.6) is 0 Å². The van der Waals surface area contributed by atoms with Crippen molar-refractivity contribution in [2.75, 3.05) is 0 Å². The zero-order valence-corrected chi connectivity index (χ0v) is 13.3. The van der Waals surface area contributed by atoms with Gasteiger partial charge in [-0.1, -0.05) is 50.1 Å². The normalized spacial score (nSPS) is 22.1. The lowest BCUT2D eigenvalue weighted by Crippen LogP contribution is -2.16. The molecule has 0 saturated heterocycles. The van der Waals surface area contributed by atoms with Crippen LogP contribution >= 0.6 is 11.6 Å². The lowest BCUT2D eigenvalue weighted by Gasteiger charge is -2.30. The van der Waals surface area contributed by atoms with E-state index in [2.05, 4.69) is 17.1 Å². The first kappa shape index (κ1) is 14.3. The van der Waals surface area contributed by atoms with Crippen LogP contribution in [0.25, 0.3) is 0 Å². The van der Waals surface area contributed by atoms with Crippen LogP contribution in [0.3, 0.4) is 0 Å². The Kier molecular flexibility index (Phi) is 4.60. The molecule has 2 nitrogen and oxygen atoms in total. The third-order valence-electron chi connectivity index (χ3n) is 5.22. The standard InChI is InChI=1S/C17H25ClN2/c1-12-15(13-8-4-2-5-9-13)16(17(18)20-19-12)14-10-6-3-7-11-14/h13-14H,2-11H2,1H3. The van der Waals surface area contributed by atoms with Gasteiger partial charge in [-0.25, -0.2) is 0 Å². The molecule has 0 bridgehead atoms. The van der Waals surface area contributed by atoms with Gasteiger partial charge >= 0.3 is 0 Å². The van der Waals surface area contributed by atoms with E-state index in [1.165, 1.54) is 75.3 Å². The predicted molar refractivity (Wildman–Crippen MR) is 83.4 cm³/mol. The first-order valence-corrected chi connectivity index (χ1v) is 8.67. The second kappa shape index (κ2) is 6.43. The van der Waals surface area contributed by atoms with E-state index < -0.39 is 0 Å². The fraction of sp³-hybridized carbons (Fsp3) is 0.765. The molecule has 2 aliphatic carbocycles. The summed E-state index contributed by atoms with van der Waals surface area (Å²) in [7, 11) is 0. The van der Waals surface area contributed by atoms with Gasteiger partial charge in [-0.05, 0) is 55.6 Å². The molecule has 110 valence electrons. The maximum atomic E-state index is 6.48. The summed E-state index contributed by atoms with van der Waals surface area (Å²) < 4.78 is 0. The molecule has 0 unspecified atom stereocenters. The van der Waals surface area contributed by atoms with Crippen LogP contribution in [0, 0.1) is 6.92 Å². The predicted octanol–water partition coefficient (Wildman–Crippen LogP) is 5.53. The zero-order chi connectivity index (χ0) is 13.9. The quantitative estimate of drug-likeness (QED) is 0.716. The van der Waals surface area contributed by atoms with E-state index in [4.69, 9.17) is 11.6 Å². The van der Waals surface area contributed by atoms with Gasteiger partial charge in [0, 0.05) is 0 Å². The average molecular weight is 293 g/mol. The summed E-state index contributed by atoms with van der Waals surface area (Å²) in [6.07, 6.45) is 13.3. The van der Waals surface area contributed by atoms with E-state index in [1.807, 2.05) is 0 Å². The van der Waals surface area contributed by atoms with E-state index >= 15 is 0 Å². The molecular formula is C17H25ClN2. The van der Waals surface area contributed by atoms with Crippen molar-refractivity contribution in [1.29, 1.82) is 0 Å². The van der Waals surface area contributed by atoms with Crippen molar-refractivity contribution in [1.82, 2.24) is 10.2 Å². The van der Waals surface area contributed by atoms with E-state index in [0.717, 1.165) is 5.69 Å². The average Bonchev–Trinajstić information content (AvgIpc) is 2.51. The second-order valence-electron chi connectivity index (χ2n) is 6.57. The molecule has 0 N–H and O–H groups in total. The van der Waals surface area contributed by atoms with Gasteiger partial charge in [0.2, 0.25) is 0 Å². The summed E-state index contributed by atoms with van der Waals surface area (Å²) >= 11 is 6.48. The third kappa shape index (κ3) is 2.86. The van der Waals surface area contributed by atoms with Gasteiger partial charge in [0.25, 0.3) is 0 Å². The van der Waals surface area contributed by atoms with E-state index in [9.17, 15) is 0 Å². The molecule has 0 aromatic carbocycles. The zero-order valence-electron chi connectivity index (χ0n) is 12.5. The molecule has 1 heterocycles. The number of hydrogen-bond acceptors (Lipinski definition) is 2. The van der Waals surface area contributed by atoms with Crippen LogP contribution in [0.4, 0.5) is 0 Å². The van der Waals surface area contributed by atoms with Crippen molar-refractivity contribution in [3.8, 4) is 0 Å². The Balaban J connectivity index is 1.99. The highest BCUT2D eigenvalue weighted by atomic mass is 35.5. The highest BCUT2D eigenvalue weighted by Gasteiger charge is 2.28. The van der Waals surface area contributed by atoms with E-state index in [0.29, 0.717) is 17.0 Å². The minimum atomic E-state index is 0.627. The Morgan fingerprint density at radius 2 is 1.25 bits per heavy atom. The number of rotatable bonds is 2. The lowest BCUT2D eigenvalue weighted by molar-refractivity contribution is 0.415. The Hall–Kier alpha value is -0.630. The van der Waals surface area contributed by atoms with Gasteiger partial charge < -0.3 is 0 Å². The molecule has 3 heteroatoms. The molecule has 0 atom stereocenters. The number of halogens is 1. The van der Waals surface area contributed by atoms with Crippen LogP contribution in [0.1, 0.15) is 92.9 Å². The Morgan fingerprint density at radius 1 is 0.750 bits per heavy atom. The molecule has 20 heavy (non-hydrogen) atoms. The molecule has 3 rings (SSSR count). The van der Waals surface area contributed by atoms with Crippen LogP contribution < -0.4 is 0 Å². The van der Waals surface area contributed by atoms with Gasteiger partial charge in [0.05, 0.1) is 5.69 Å². The Bertz CT molecular complexity index is 417. The van der Waals surface area contributed by atoms with Crippen molar-refractivity contribution in [3.05, 3.63) is 22.0 Å². The molecule has 0 aliphatic heterocycles.